The van der Waals surface area contributed by atoms with Gasteiger partial charge in [-0.2, -0.15) is 5.10 Å². The van der Waals surface area contributed by atoms with Crippen LogP contribution in [-0.2, 0) is 34.3 Å². The number of benzene rings is 2. The molecule has 4 rings (SSSR count). The molecule has 0 radical (unpaired) electrons. The van der Waals surface area contributed by atoms with E-state index in [1.54, 1.807) is 52.0 Å². The summed E-state index contributed by atoms with van der Waals surface area (Å²) in [7, 11) is 3.65. The fourth-order valence-electron chi connectivity index (χ4n) is 4.44. The lowest BCUT2D eigenvalue weighted by molar-refractivity contribution is -0.165. The van der Waals surface area contributed by atoms with Crippen LogP contribution in [0, 0.1) is 0 Å². The highest BCUT2D eigenvalue weighted by Crippen LogP contribution is 2.27. The van der Waals surface area contributed by atoms with E-state index < -0.39 is 5.60 Å². The van der Waals surface area contributed by atoms with Gasteiger partial charge in [0.25, 0.3) is 0 Å². The molecule has 0 aliphatic carbocycles. The Kier molecular flexibility index (Phi) is 8.84. The van der Waals surface area contributed by atoms with E-state index in [-0.39, 0.29) is 31.4 Å². The lowest BCUT2D eigenvalue weighted by atomic mass is 9.96. The Morgan fingerprint density at radius 2 is 1.89 bits per heavy atom. The predicted molar refractivity (Wildman–Crippen MR) is 141 cm³/mol. The molecule has 1 saturated heterocycles. The minimum absolute atomic E-state index is 0.0189. The molecule has 1 unspecified atom stereocenters. The Morgan fingerprint density at radius 3 is 2.59 bits per heavy atom. The molecule has 2 amide bonds. The number of carbonyl (C=O) groups is 2. The van der Waals surface area contributed by atoms with Crippen molar-refractivity contribution in [3.8, 4) is 5.75 Å². The minimum atomic E-state index is -0.970. The summed E-state index contributed by atoms with van der Waals surface area (Å²) in [5.74, 6) is 0.565. The fourth-order valence-corrected chi connectivity index (χ4v) is 4.57. The molecule has 2 heterocycles. The highest BCUT2D eigenvalue weighted by molar-refractivity contribution is 6.30. The van der Waals surface area contributed by atoms with Crippen LogP contribution in [0.4, 0.5) is 0 Å². The van der Waals surface area contributed by atoms with Crippen molar-refractivity contribution in [1.82, 2.24) is 19.6 Å². The van der Waals surface area contributed by atoms with Crippen molar-refractivity contribution >= 4 is 23.4 Å². The van der Waals surface area contributed by atoms with Gasteiger partial charge in [0, 0.05) is 50.5 Å². The average Bonchev–Trinajstić information content (AvgIpc) is 3.32. The maximum atomic E-state index is 13.3. The molecule has 0 saturated carbocycles. The summed E-state index contributed by atoms with van der Waals surface area (Å²) in [6.07, 6.45) is 2.77. The number of aromatic nitrogens is 2. The van der Waals surface area contributed by atoms with Crippen molar-refractivity contribution in [3.63, 3.8) is 0 Å². The topological polar surface area (TPSA) is 76.9 Å². The van der Waals surface area contributed by atoms with Crippen molar-refractivity contribution in [3.05, 3.63) is 83.1 Å². The Bertz CT molecular complexity index is 1180. The summed E-state index contributed by atoms with van der Waals surface area (Å²) in [5.41, 5.74) is 1.07. The number of morpholine rings is 1. The first-order chi connectivity index (χ1) is 17.8. The molecule has 0 spiro atoms. The quantitative estimate of drug-likeness (QED) is 0.404. The van der Waals surface area contributed by atoms with Crippen molar-refractivity contribution < 1.29 is 19.1 Å². The SMILES string of the molecule is CN(Cc1ccccc1)C(=O)CC1(COc2ccc(Cl)cc2)CN(C(=O)CCc2ccnn2C)CCO1. The van der Waals surface area contributed by atoms with Crippen molar-refractivity contribution in [2.75, 3.05) is 33.4 Å². The molecule has 2 aromatic carbocycles. The normalized spacial score (nSPS) is 17.4. The highest BCUT2D eigenvalue weighted by atomic mass is 35.5. The number of halogens is 1. The summed E-state index contributed by atoms with van der Waals surface area (Å²) in [6, 6.07) is 18.8. The number of aryl methyl sites for hydroxylation is 2. The van der Waals surface area contributed by atoms with Gasteiger partial charge in [0.1, 0.15) is 18.0 Å². The number of nitrogens with zero attached hydrogens (tertiary/aromatic N) is 4. The first kappa shape index (κ1) is 26.7. The van der Waals surface area contributed by atoms with Crippen LogP contribution in [0.25, 0.3) is 0 Å². The molecular weight excluding hydrogens is 492 g/mol. The van der Waals surface area contributed by atoms with Crippen LogP contribution in [0.1, 0.15) is 24.1 Å². The minimum Gasteiger partial charge on any atom is -0.490 e. The van der Waals surface area contributed by atoms with Gasteiger partial charge in [-0.25, -0.2) is 0 Å². The molecule has 9 heteroatoms. The van der Waals surface area contributed by atoms with Gasteiger partial charge in [-0.3, -0.25) is 14.3 Å². The molecule has 1 aliphatic rings. The van der Waals surface area contributed by atoms with E-state index in [1.807, 2.05) is 43.4 Å². The number of carbonyl (C=O) groups excluding carboxylic acids is 2. The Morgan fingerprint density at radius 1 is 1.14 bits per heavy atom. The van der Waals surface area contributed by atoms with Crippen molar-refractivity contribution in [2.24, 2.45) is 7.05 Å². The Labute approximate surface area is 222 Å². The van der Waals surface area contributed by atoms with Crippen LogP contribution in [0.15, 0.2) is 66.9 Å². The van der Waals surface area contributed by atoms with E-state index in [0.717, 1.165) is 11.3 Å². The average molecular weight is 525 g/mol. The second-order valence-electron chi connectivity index (χ2n) is 9.45. The molecule has 1 aliphatic heterocycles. The van der Waals surface area contributed by atoms with Crippen LogP contribution in [0.3, 0.4) is 0 Å². The molecule has 1 atom stereocenters. The van der Waals surface area contributed by atoms with Gasteiger partial charge in [0.2, 0.25) is 11.8 Å². The molecule has 8 nitrogen and oxygen atoms in total. The number of rotatable bonds is 10. The van der Waals surface area contributed by atoms with Gasteiger partial charge in [-0.05, 0) is 42.3 Å². The standard InChI is InChI=1S/C28H33ClN4O4/c1-31(19-22-6-4-3-5-7-22)27(35)18-28(21-36-25-11-8-23(29)9-12-25)20-33(16-17-37-28)26(34)13-10-24-14-15-30-32(24)2/h3-9,11-12,14-15H,10,13,16-21H2,1-2H3. The van der Waals surface area contributed by atoms with Crippen molar-refractivity contribution in [1.29, 1.82) is 0 Å². The van der Waals surface area contributed by atoms with E-state index in [4.69, 9.17) is 21.1 Å². The summed E-state index contributed by atoms with van der Waals surface area (Å²) < 4.78 is 14.1. The molecule has 1 fully saturated rings. The molecule has 0 bridgehead atoms. The molecule has 1 aromatic heterocycles. The van der Waals surface area contributed by atoms with Crippen LogP contribution >= 0.6 is 11.6 Å². The predicted octanol–water partition coefficient (Wildman–Crippen LogP) is 3.73. The third kappa shape index (κ3) is 7.33. The van der Waals surface area contributed by atoms with Gasteiger partial charge in [0.05, 0.1) is 19.6 Å². The van der Waals surface area contributed by atoms with E-state index in [0.29, 0.717) is 43.3 Å². The maximum absolute atomic E-state index is 13.3. The van der Waals surface area contributed by atoms with E-state index >= 15 is 0 Å². The van der Waals surface area contributed by atoms with Gasteiger partial charge >= 0.3 is 0 Å². The summed E-state index contributed by atoms with van der Waals surface area (Å²) in [6.45, 7) is 1.69. The number of hydrogen-bond acceptors (Lipinski definition) is 5. The summed E-state index contributed by atoms with van der Waals surface area (Å²) in [4.78, 5) is 30.0. The Balaban J connectivity index is 1.46. The molecule has 37 heavy (non-hydrogen) atoms. The first-order valence-corrected chi connectivity index (χ1v) is 12.8. The van der Waals surface area contributed by atoms with Crippen molar-refractivity contribution in [2.45, 2.75) is 31.4 Å². The fraction of sp³-hybridized carbons (Fsp3) is 0.393. The molecule has 0 N–H and O–H groups in total. The van der Waals surface area contributed by atoms with Gasteiger partial charge in [-0.1, -0.05) is 41.9 Å². The lowest BCUT2D eigenvalue weighted by Gasteiger charge is -2.42. The van der Waals surface area contributed by atoms with Gasteiger partial charge in [0.15, 0.2) is 0 Å². The zero-order chi connectivity index (χ0) is 26.3. The van der Waals surface area contributed by atoms with Crippen LogP contribution in [0.2, 0.25) is 5.02 Å². The van der Waals surface area contributed by atoms with E-state index in [2.05, 4.69) is 5.10 Å². The molecule has 196 valence electrons. The zero-order valence-corrected chi connectivity index (χ0v) is 22.1. The van der Waals surface area contributed by atoms with Crippen LogP contribution < -0.4 is 4.74 Å². The Hall–Kier alpha value is -3.36. The second kappa shape index (κ2) is 12.3. The third-order valence-corrected chi connectivity index (χ3v) is 6.85. The number of ether oxygens (including phenoxy) is 2. The van der Waals surface area contributed by atoms with E-state index in [9.17, 15) is 9.59 Å². The number of amides is 2. The number of hydrogen-bond donors (Lipinski definition) is 0. The summed E-state index contributed by atoms with van der Waals surface area (Å²) >= 11 is 6.01. The first-order valence-electron chi connectivity index (χ1n) is 12.4. The molecule has 3 aromatic rings. The third-order valence-electron chi connectivity index (χ3n) is 6.60. The van der Waals surface area contributed by atoms with Crippen LogP contribution in [0.5, 0.6) is 5.75 Å². The highest BCUT2D eigenvalue weighted by Gasteiger charge is 2.42. The lowest BCUT2D eigenvalue weighted by Crippen LogP contribution is -2.58. The largest absolute Gasteiger partial charge is 0.490 e. The van der Waals surface area contributed by atoms with E-state index in [1.165, 1.54) is 0 Å². The maximum Gasteiger partial charge on any atom is 0.225 e. The zero-order valence-electron chi connectivity index (χ0n) is 21.3. The van der Waals surface area contributed by atoms with Gasteiger partial charge < -0.3 is 19.3 Å². The van der Waals surface area contributed by atoms with Gasteiger partial charge in [-0.15, -0.1) is 0 Å². The van der Waals surface area contributed by atoms with Crippen LogP contribution in [-0.4, -0.2) is 70.3 Å². The summed E-state index contributed by atoms with van der Waals surface area (Å²) in [5, 5.41) is 4.78. The second-order valence-corrected chi connectivity index (χ2v) is 9.88. The monoisotopic (exact) mass is 524 g/mol. The molecular formula is C28H33ClN4O4. The smallest absolute Gasteiger partial charge is 0.225 e.